The Hall–Kier alpha value is -2.53. The summed E-state index contributed by atoms with van der Waals surface area (Å²) in [6.45, 7) is 2.04. The van der Waals surface area contributed by atoms with E-state index in [-0.39, 0.29) is 34.3 Å². The topological polar surface area (TPSA) is 75.4 Å². The molecular formula is C19H17ClN2O3. The molecule has 0 spiro atoms. The summed E-state index contributed by atoms with van der Waals surface area (Å²) in [7, 11) is 0. The van der Waals surface area contributed by atoms with Crippen molar-refractivity contribution in [2.45, 2.75) is 25.3 Å². The van der Waals surface area contributed by atoms with Gasteiger partial charge in [-0.25, -0.2) is 0 Å². The van der Waals surface area contributed by atoms with E-state index in [4.69, 9.17) is 11.6 Å². The van der Waals surface area contributed by atoms with Gasteiger partial charge in [0.25, 0.3) is 5.69 Å². The van der Waals surface area contributed by atoms with Gasteiger partial charge < -0.3 is 10.4 Å². The van der Waals surface area contributed by atoms with Crippen LogP contribution in [0.3, 0.4) is 0 Å². The van der Waals surface area contributed by atoms with Crippen LogP contribution in [0.1, 0.15) is 35.1 Å². The third-order valence-electron chi connectivity index (χ3n) is 5.24. The molecule has 0 aromatic heterocycles. The number of hydrogen-bond acceptors (Lipinski definition) is 4. The predicted octanol–water partition coefficient (Wildman–Crippen LogP) is 5.09. The summed E-state index contributed by atoms with van der Waals surface area (Å²) in [6, 6.07) is 8.40. The molecule has 3 atom stereocenters. The molecule has 0 bridgehead atoms. The highest BCUT2D eigenvalue weighted by atomic mass is 35.5. The molecule has 25 heavy (non-hydrogen) atoms. The van der Waals surface area contributed by atoms with Gasteiger partial charge >= 0.3 is 0 Å². The zero-order valence-electron chi connectivity index (χ0n) is 13.6. The maximum atomic E-state index is 11.2. The molecule has 1 aliphatic carbocycles. The van der Waals surface area contributed by atoms with Crippen molar-refractivity contribution >= 4 is 23.0 Å². The molecule has 1 heterocycles. The number of allylic oxidation sites excluding steroid dienone is 2. The predicted molar refractivity (Wildman–Crippen MR) is 97.3 cm³/mol. The highest BCUT2D eigenvalue weighted by Gasteiger charge is 2.40. The molecule has 0 radical (unpaired) electrons. The Morgan fingerprint density at radius 2 is 2.12 bits per heavy atom. The Labute approximate surface area is 150 Å². The largest absolute Gasteiger partial charge is 0.506 e. The van der Waals surface area contributed by atoms with Gasteiger partial charge in [-0.2, -0.15) is 0 Å². The molecule has 4 rings (SSSR count). The number of nitrogens with zero attached hydrogens (tertiary/aromatic N) is 1. The number of nitro benzene ring substituents is 1. The molecule has 0 saturated heterocycles. The van der Waals surface area contributed by atoms with Crippen molar-refractivity contribution in [2.75, 3.05) is 5.32 Å². The van der Waals surface area contributed by atoms with Gasteiger partial charge in [-0.3, -0.25) is 10.1 Å². The molecule has 128 valence electrons. The molecule has 2 aromatic carbocycles. The van der Waals surface area contributed by atoms with E-state index in [9.17, 15) is 15.2 Å². The highest BCUT2D eigenvalue weighted by molar-refractivity contribution is 6.32. The molecule has 0 amide bonds. The van der Waals surface area contributed by atoms with Crippen molar-refractivity contribution in [1.29, 1.82) is 0 Å². The van der Waals surface area contributed by atoms with E-state index in [2.05, 4.69) is 17.5 Å². The van der Waals surface area contributed by atoms with E-state index in [1.54, 1.807) is 12.1 Å². The van der Waals surface area contributed by atoms with Gasteiger partial charge in [-0.05, 0) is 48.1 Å². The van der Waals surface area contributed by atoms with Crippen molar-refractivity contribution in [3.8, 4) is 5.75 Å². The molecule has 6 heteroatoms. The van der Waals surface area contributed by atoms with Gasteiger partial charge in [0, 0.05) is 12.0 Å². The third-order valence-corrected chi connectivity index (χ3v) is 5.56. The normalized spacial score (nSPS) is 23.7. The lowest BCUT2D eigenvalue weighted by molar-refractivity contribution is -0.384. The number of aromatic hydroxyl groups is 1. The molecule has 5 nitrogen and oxygen atoms in total. The first kappa shape index (κ1) is 16.0. The second-order valence-electron chi connectivity index (χ2n) is 6.63. The molecule has 1 aliphatic heterocycles. The summed E-state index contributed by atoms with van der Waals surface area (Å²) in [4.78, 5) is 10.8. The zero-order chi connectivity index (χ0) is 17.7. The van der Waals surface area contributed by atoms with Crippen LogP contribution >= 0.6 is 11.6 Å². The van der Waals surface area contributed by atoms with Crippen molar-refractivity contribution in [3.05, 3.63) is 74.3 Å². The average Bonchev–Trinajstić information content (AvgIpc) is 3.07. The third kappa shape index (κ3) is 2.46. The van der Waals surface area contributed by atoms with Gasteiger partial charge in [0.15, 0.2) is 0 Å². The number of nitrogens with one attached hydrogen (secondary N) is 1. The Morgan fingerprint density at radius 1 is 1.32 bits per heavy atom. The number of phenolic OH excluding ortho intramolecular Hbond substituents is 1. The minimum Gasteiger partial charge on any atom is -0.506 e. The number of phenols is 1. The molecule has 3 unspecified atom stereocenters. The summed E-state index contributed by atoms with van der Waals surface area (Å²) < 4.78 is 0. The van der Waals surface area contributed by atoms with Crippen LogP contribution in [0.25, 0.3) is 0 Å². The number of anilines is 1. The summed E-state index contributed by atoms with van der Waals surface area (Å²) >= 11 is 5.95. The highest BCUT2D eigenvalue weighted by Crippen LogP contribution is 2.53. The van der Waals surface area contributed by atoms with E-state index in [0.717, 1.165) is 28.8 Å². The van der Waals surface area contributed by atoms with Crippen LogP contribution in [0.5, 0.6) is 5.75 Å². The van der Waals surface area contributed by atoms with Crippen molar-refractivity contribution in [2.24, 2.45) is 5.92 Å². The molecular weight excluding hydrogens is 340 g/mol. The maximum absolute atomic E-state index is 11.2. The average molecular weight is 357 g/mol. The fraction of sp³-hybridized carbons (Fsp3) is 0.263. The van der Waals surface area contributed by atoms with E-state index in [0.29, 0.717) is 0 Å². The number of rotatable bonds is 2. The Morgan fingerprint density at radius 3 is 2.88 bits per heavy atom. The Kier molecular flexibility index (Phi) is 3.69. The number of hydrogen-bond donors (Lipinski definition) is 2. The lowest BCUT2D eigenvalue weighted by Gasteiger charge is -2.38. The monoisotopic (exact) mass is 356 g/mol. The first-order chi connectivity index (χ1) is 12.0. The molecule has 2 aromatic rings. The van der Waals surface area contributed by atoms with E-state index >= 15 is 0 Å². The fourth-order valence-corrected chi connectivity index (χ4v) is 4.26. The molecule has 0 saturated carbocycles. The minimum atomic E-state index is -0.464. The number of halogens is 1. The van der Waals surface area contributed by atoms with Gasteiger partial charge in [0.1, 0.15) is 10.8 Å². The second kappa shape index (κ2) is 5.77. The maximum Gasteiger partial charge on any atom is 0.288 e. The summed E-state index contributed by atoms with van der Waals surface area (Å²) in [5.74, 6) is 0.629. The van der Waals surface area contributed by atoms with Gasteiger partial charge in [-0.1, -0.05) is 35.9 Å². The fourth-order valence-electron chi connectivity index (χ4n) is 4.07. The first-order valence-electron chi connectivity index (χ1n) is 8.17. The Balaban J connectivity index is 1.84. The van der Waals surface area contributed by atoms with Crippen LogP contribution in [-0.4, -0.2) is 10.0 Å². The van der Waals surface area contributed by atoms with Crippen molar-refractivity contribution in [1.82, 2.24) is 0 Å². The quantitative estimate of drug-likeness (QED) is 0.340. The van der Waals surface area contributed by atoms with Crippen molar-refractivity contribution < 1.29 is 10.0 Å². The number of aryl methyl sites for hydroxylation is 1. The van der Waals surface area contributed by atoms with Crippen LogP contribution in [0.4, 0.5) is 11.4 Å². The summed E-state index contributed by atoms with van der Waals surface area (Å²) in [6.07, 6.45) is 5.20. The zero-order valence-corrected chi connectivity index (χ0v) is 14.3. The smallest absolute Gasteiger partial charge is 0.288 e. The van der Waals surface area contributed by atoms with Crippen LogP contribution in [0.15, 0.2) is 42.5 Å². The second-order valence-corrected chi connectivity index (χ2v) is 7.04. The number of fused-ring (bicyclic) bond motifs is 3. The van der Waals surface area contributed by atoms with E-state index < -0.39 is 4.92 Å². The van der Waals surface area contributed by atoms with E-state index in [1.165, 1.54) is 6.07 Å². The van der Waals surface area contributed by atoms with Crippen LogP contribution in [0, 0.1) is 23.0 Å². The first-order valence-corrected chi connectivity index (χ1v) is 8.54. The molecule has 2 N–H and O–H groups in total. The summed E-state index contributed by atoms with van der Waals surface area (Å²) in [5.41, 5.74) is 3.67. The van der Waals surface area contributed by atoms with Crippen LogP contribution < -0.4 is 5.32 Å². The van der Waals surface area contributed by atoms with Crippen molar-refractivity contribution in [3.63, 3.8) is 0 Å². The Bertz CT molecular complexity index is 910. The summed E-state index contributed by atoms with van der Waals surface area (Å²) in [5, 5.41) is 25.1. The number of benzene rings is 2. The number of nitro groups is 1. The van der Waals surface area contributed by atoms with E-state index in [1.807, 2.05) is 19.1 Å². The SMILES string of the molecule is Cc1ccc(O)c2c1C1C=CCC1C(c1ccc(Cl)c([N+](=O)[O-])c1)N2. The van der Waals surface area contributed by atoms with Gasteiger partial charge in [0.05, 0.1) is 16.7 Å². The van der Waals surface area contributed by atoms with Crippen LogP contribution in [0.2, 0.25) is 5.02 Å². The lowest BCUT2D eigenvalue weighted by atomic mass is 9.75. The lowest BCUT2D eigenvalue weighted by Crippen LogP contribution is -2.29. The van der Waals surface area contributed by atoms with Gasteiger partial charge in [-0.15, -0.1) is 0 Å². The molecule has 0 fully saturated rings. The van der Waals surface area contributed by atoms with Gasteiger partial charge in [0.2, 0.25) is 0 Å². The van der Waals surface area contributed by atoms with Crippen LogP contribution in [-0.2, 0) is 0 Å². The standard InChI is InChI=1S/C19H17ClN2O3/c1-10-5-8-16(23)19-17(10)12-3-2-4-13(12)18(21-19)11-6-7-14(20)15(9-11)22(24)25/h2-3,5-9,12-13,18,21,23H,4H2,1H3. The minimum absolute atomic E-state index is 0.0947. The molecule has 2 aliphatic rings.